The van der Waals surface area contributed by atoms with Crippen molar-refractivity contribution < 1.29 is 24.8 Å². The van der Waals surface area contributed by atoms with Gasteiger partial charge in [-0.1, -0.05) is 131 Å². The molecule has 1 saturated heterocycles. The molecule has 5 heterocycles. The molecular formula is C74H83Cl8FN12O8. The third-order valence-corrected chi connectivity index (χ3v) is 22.5. The molecule has 5 aliphatic carbocycles. The van der Waals surface area contributed by atoms with Crippen LogP contribution in [-0.4, -0.2) is 125 Å². The van der Waals surface area contributed by atoms with Crippen molar-refractivity contribution in [3.63, 3.8) is 0 Å². The highest BCUT2D eigenvalue weighted by Gasteiger charge is 2.32. The third-order valence-electron chi connectivity index (χ3n) is 20.2. The van der Waals surface area contributed by atoms with E-state index in [0.29, 0.717) is 112 Å². The Labute approximate surface area is 635 Å². The average molecular weight is 1570 g/mol. The molecule has 0 amide bonds. The molecule has 29 heteroatoms. The minimum atomic E-state index is -0.282. The maximum absolute atomic E-state index is 13.2. The highest BCUT2D eigenvalue weighted by molar-refractivity contribution is 6.41. The molecule has 4 aromatic heterocycles. The fraction of sp³-hybridized carbons (Fsp3) is 0.486. The largest absolute Gasteiger partial charge is 0.504 e. The van der Waals surface area contributed by atoms with Crippen LogP contribution in [0.1, 0.15) is 132 Å². The first kappa shape index (κ1) is 76.6. The van der Waals surface area contributed by atoms with Gasteiger partial charge in [0.05, 0.1) is 87.9 Å². The van der Waals surface area contributed by atoms with E-state index >= 15 is 0 Å². The number of hydrogen-bond acceptors (Lipinski definition) is 16. The lowest BCUT2D eigenvalue weighted by Crippen LogP contribution is -2.36. The molecule has 0 unspecified atom stereocenters. The molecule has 9 aromatic rings. The number of nitrogens with zero attached hydrogens (tertiary/aromatic N) is 12. The van der Waals surface area contributed by atoms with Gasteiger partial charge in [0, 0.05) is 38.8 Å². The molecule has 4 N–H and O–H groups in total. The fourth-order valence-electron chi connectivity index (χ4n) is 13.4. The molecule has 6 aliphatic rings. The van der Waals surface area contributed by atoms with Crippen molar-refractivity contribution in [3.8, 4) is 23.0 Å². The van der Waals surface area contributed by atoms with Gasteiger partial charge in [0.25, 0.3) is 22.2 Å². The lowest BCUT2D eigenvalue weighted by atomic mass is 9.94. The van der Waals surface area contributed by atoms with Crippen LogP contribution < -0.4 is 22.2 Å². The lowest BCUT2D eigenvalue weighted by Gasteiger charge is -2.31. The van der Waals surface area contributed by atoms with Crippen molar-refractivity contribution in [3.05, 3.63) is 165 Å². The summed E-state index contributed by atoms with van der Waals surface area (Å²) in [5, 5.41) is 43.4. The van der Waals surface area contributed by atoms with Crippen LogP contribution in [0.25, 0.3) is 43.6 Å². The van der Waals surface area contributed by atoms with E-state index in [1.165, 1.54) is 81.3 Å². The van der Waals surface area contributed by atoms with Gasteiger partial charge >= 0.3 is 0 Å². The monoisotopic (exact) mass is 1570 g/mol. The van der Waals surface area contributed by atoms with Crippen molar-refractivity contribution >= 4 is 136 Å². The number of hydrogen-bond donors (Lipinski definition) is 4. The summed E-state index contributed by atoms with van der Waals surface area (Å²) < 4.78 is 20.0. The van der Waals surface area contributed by atoms with Crippen molar-refractivity contribution in [2.75, 3.05) is 40.8 Å². The van der Waals surface area contributed by atoms with E-state index in [1.54, 1.807) is 30.4 Å². The second-order valence-corrected chi connectivity index (χ2v) is 31.8. The van der Waals surface area contributed by atoms with Crippen LogP contribution in [0.15, 0.2) is 67.7 Å². The Bertz CT molecular complexity index is 4940. The maximum Gasteiger partial charge on any atom is 0.263 e. The highest BCUT2D eigenvalue weighted by atomic mass is 35.5. The van der Waals surface area contributed by atoms with E-state index in [2.05, 4.69) is 41.7 Å². The summed E-state index contributed by atoms with van der Waals surface area (Å²) in [6.45, 7) is 10.1. The number of rotatable bonds is 20. The second kappa shape index (κ2) is 33.0. The first-order valence-electron chi connectivity index (χ1n) is 35.2. The molecule has 15 rings (SSSR count). The summed E-state index contributed by atoms with van der Waals surface area (Å²) in [4.78, 5) is 79.4. The second-order valence-electron chi connectivity index (χ2n) is 28.5. The zero-order valence-corrected chi connectivity index (χ0v) is 63.8. The summed E-state index contributed by atoms with van der Waals surface area (Å²) >= 11 is 49.0. The smallest absolute Gasteiger partial charge is 0.263 e. The molecule has 5 aromatic carbocycles. The van der Waals surface area contributed by atoms with Gasteiger partial charge in [-0.3, -0.25) is 57.0 Å². The topological polar surface area (TPSA) is 233 Å². The Kier molecular flexibility index (Phi) is 24.5. The van der Waals surface area contributed by atoms with Crippen LogP contribution in [0.2, 0.25) is 40.2 Å². The van der Waals surface area contributed by atoms with E-state index in [1.807, 2.05) is 25.9 Å². The number of benzene rings is 5. The Balaban J connectivity index is 0.000000130. The quantitative estimate of drug-likeness (QED) is 0.0555. The van der Waals surface area contributed by atoms with Gasteiger partial charge in [-0.25, -0.2) is 24.3 Å². The third kappa shape index (κ3) is 18.0. The fourth-order valence-corrected chi connectivity index (χ4v) is 15.6. The number of phenolic OH excluding ortho intramolecular Hbond substituents is 4. The van der Waals surface area contributed by atoms with Gasteiger partial charge in [-0.15, -0.1) is 0 Å². The van der Waals surface area contributed by atoms with Gasteiger partial charge in [-0.2, -0.15) is 0 Å². The van der Waals surface area contributed by atoms with Gasteiger partial charge < -0.3 is 20.4 Å². The zero-order valence-electron chi connectivity index (χ0n) is 57.8. The summed E-state index contributed by atoms with van der Waals surface area (Å²) in [6.07, 6.45) is 17.5. The molecule has 0 atom stereocenters. The number of fused-ring (bicyclic) bond motifs is 4. The molecule has 103 heavy (non-hydrogen) atoms. The summed E-state index contributed by atoms with van der Waals surface area (Å²) in [7, 11) is 5.95. The molecule has 0 spiro atoms. The Morgan fingerprint density at radius 2 is 0.738 bits per heavy atom. The Hall–Kier alpha value is -6.05. The SMILES string of the molecule is CCN(C)Cc1nc2c(O)c(Cl)cc(Cl)c2c(=O)n1CC1CC1.CN(Cc1ccc(F)cc1)Cc1nc2c(O)c(Cl)cc(Cl)c2c(=O)n1CC1CC1.CN(Cc1nc2c(O)c(Cl)cc(Cl)c2c(=O)n1CC1CC1)C1CCCCC1.O=c1c2c(Cl)cc(Cl)c(O)c2nc(CN2CCCC2)n1CC1CC1. The average Bonchev–Trinajstić information content (AvgIpc) is 1.11. The molecule has 0 bridgehead atoms. The van der Waals surface area contributed by atoms with Gasteiger partial charge in [0.1, 0.15) is 51.2 Å². The molecule has 20 nitrogen and oxygen atoms in total. The molecule has 550 valence electrons. The normalized spacial score (nSPS) is 16.5. The van der Waals surface area contributed by atoms with Crippen molar-refractivity contribution in [2.45, 2.75) is 168 Å². The van der Waals surface area contributed by atoms with Crippen molar-refractivity contribution in [1.82, 2.24) is 57.8 Å². The number of likely N-dealkylation sites (tertiary alicyclic amines) is 1. The minimum absolute atomic E-state index is 0.0555. The van der Waals surface area contributed by atoms with E-state index in [0.717, 1.165) is 76.6 Å². The van der Waals surface area contributed by atoms with Crippen molar-refractivity contribution in [2.24, 2.45) is 23.7 Å². The van der Waals surface area contributed by atoms with Crippen molar-refractivity contribution in [1.29, 1.82) is 0 Å². The summed E-state index contributed by atoms with van der Waals surface area (Å²) in [5.74, 6) is 3.52. The Morgan fingerprint density at radius 1 is 0.417 bits per heavy atom. The predicted molar refractivity (Wildman–Crippen MR) is 408 cm³/mol. The van der Waals surface area contributed by atoms with Crippen LogP contribution in [-0.2, 0) is 58.9 Å². The summed E-state index contributed by atoms with van der Waals surface area (Å²) in [5.41, 5.74) is 0.801. The lowest BCUT2D eigenvalue weighted by molar-refractivity contribution is 0.178. The number of aromatic hydroxyl groups is 4. The summed E-state index contributed by atoms with van der Waals surface area (Å²) in [6, 6.07) is 12.4. The van der Waals surface area contributed by atoms with Crippen LogP contribution >= 0.6 is 92.8 Å². The standard InChI is InChI=1S/C21H20Cl2FN3O2.C20H25Cl2N3O2.C17H19Cl2N3O2.C16H19Cl2N3O2/c1-26(9-12-4-6-14(24)7-5-12)11-17-25-19-18(15(22)8-16(23)20(19)28)21(29)27(17)10-13-2-3-13;1-24(13-5-3-2-4-6-13)11-16-23-18-17(14(21)9-15(22)19(18)26)20(27)25(16)10-12-7-8-12;18-11-7-12(19)16(23)15-14(11)17(24)22(8-10-3-4-10)13(20-15)9-21-5-1-2-6-21;1-3-20(2)8-12-19-14-13(10(17)6-11(18)15(14)22)16(23)21(12)7-9-4-5-9/h4-8,13,28H,2-3,9-11H2,1H3;9,12-13,26H,2-8,10-11H2,1H3;7,10,23H,1-6,8-9H2;6,9,22H,3-5,7-8H2,1-2H3. The number of phenols is 4. The van der Waals surface area contributed by atoms with Crippen LogP contribution in [0.3, 0.4) is 0 Å². The van der Waals surface area contributed by atoms with Gasteiger partial charge in [0.2, 0.25) is 0 Å². The molecule has 0 radical (unpaired) electrons. The van der Waals surface area contributed by atoms with E-state index < -0.39 is 0 Å². The number of aromatic nitrogens is 8. The van der Waals surface area contributed by atoms with Gasteiger partial charge in [0.15, 0.2) is 23.0 Å². The first-order valence-corrected chi connectivity index (χ1v) is 38.2. The highest BCUT2D eigenvalue weighted by Crippen LogP contribution is 2.41. The van der Waals surface area contributed by atoms with E-state index in [4.69, 9.17) is 92.8 Å². The van der Waals surface area contributed by atoms with Crippen LogP contribution in [0.5, 0.6) is 23.0 Å². The van der Waals surface area contributed by atoms with E-state index in [9.17, 15) is 44.0 Å². The molecule has 5 saturated carbocycles. The molecule has 1 aliphatic heterocycles. The van der Waals surface area contributed by atoms with Crippen LogP contribution in [0.4, 0.5) is 4.39 Å². The molecule has 6 fully saturated rings. The maximum atomic E-state index is 13.2. The van der Waals surface area contributed by atoms with Gasteiger partial charge in [-0.05, 0) is 183 Å². The first-order chi connectivity index (χ1) is 49.2. The Morgan fingerprint density at radius 3 is 1.08 bits per heavy atom. The zero-order chi connectivity index (χ0) is 73.4. The molecular weight excluding hydrogens is 1490 g/mol. The van der Waals surface area contributed by atoms with Crippen LogP contribution in [0, 0.1) is 29.5 Å². The minimum Gasteiger partial charge on any atom is -0.504 e. The predicted octanol–water partition coefficient (Wildman–Crippen LogP) is 15.9. The van der Waals surface area contributed by atoms with E-state index in [-0.39, 0.29) is 135 Å². The number of halogens is 9.